The standard InChI is InChI=1S/C11H10INO4/c1-2-3-17-11(16)13-9-5-7(10(14)15)4-8(12)6-9/h2,4-6H,1,3H2,(H,13,16)(H,14,15). The lowest BCUT2D eigenvalue weighted by atomic mass is 10.2. The molecule has 0 fully saturated rings. The highest BCUT2D eigenvalue weighted by molar-refractivity contribution is 14.1. The smallest absolute Gasteiger partial charge is 0.411 e. The molecule has 0 saturated carbocycles. The van der Waals surface area contributed by atoms with Crippen molar-refractivity contribution in [2.24, 2.45) is 0 Å². The molecule has 6 heteroatoms. The van der Waals surface area contributed by atoms with Gasteiger partial charge in [-0.3, -0.25) is 5.32 Å². The SMILES string of the molecule is C=CCOC(=O)Nc1cc(I)cc(C(=O)O)c1. The molecule has 0 radical (unpaired) electrons. The maximum atomic E-state index is 11.2. The molecule has 1 aromatic rings. The lowest BCUT2D eigenvalue weighted by molar-refractivity contribution is 0.0696. The number of nitrogens with one attached hydrogen (secondary N) is 1. The molecule has 0 spiro atoms. The van der Waals surface area contributed by atoms with E-state index in [2.05, 4.69) is 11.9 Å². The molecule has 0 atom stereocenters. The van der Waals surface area contributed by atoms with Gasteiger partial charge in [-0.05, 0) is 40.8 Å². The highest BCUT2D eigenvalue weighted by atomic mass is 127. The topological polar surface area (TPSA) is 75.6 Å². The molecule has 0 aliphatic heterocycles. The van der Waals surface area contributed by atoms with E-state index in [-0.39, 0.29) is 12.2 Å². The fraction of sp³-hybridized carbons (Fsp3) is 0.0909. The maximum absolute atomic E-state index is 11.2. The summed E-state index contributed by atoms with van der Waals surface area (Å²) < 4.78 is 5.43. The largest absolute Gasteiger partial charge is 0.478 e. The summed E-state index contributed by atoms with van der Waals surface area (Å²) in [6.45, 7) is 3.51. The summed E-state index contributed by atoms with van der Waals surface area (Å²) in [5.74, 6) is -1.05. The number of carboxylic acids is 1. The highest BCUT2D eigenvalue weighted by Gasteiger charge is 2.08. The number of carboxylic acid groups (broad SMARTS) is 1. The van der Waals surface area contributed by atoms with Crippen LogP contribution < -0.4 is 5.32 Å². The third kappa shape index (κ3) is 4.43. The van der Waals surface area contributed by atoms with Crippen LogP contribution in [0.4, 0.5) is 10.5 Å². The van der Waals surface area contributed by atoms with Crippen LogP contribution in [0.5, 0.6) is 0 Å². The van der Waals surface area contributed by atoms with Gasteiger partial charge in [-0.1, -0.05) is 12.7 Å². The van der Waals surface area contributed by atoms with Gasteiger partial charge < -0.3 is 9.84 Å². The highest BCUT2D eigenvalue weighted by Crippen LogP contribution is 2.17. The van der Waals surface area contributed by atoms with Crippen LogP contribution in [0.1, 0.15) is 10.4 Å². The Hall–Kier alpha value is -1.57. The van der Waals surface area contributed by atoms with E-state index < -0.39 is 12.1 Å². The number of amides is 1. The predicted molar refractivity (Wildman–Crippen MR) is 71.3 cm³/mol. The second-order valence-corrected chi connectivity index (χ2v) is 4.29. The van der Waals surface area contributed by atoms with Crippen LogP contribution >= 0.6 is 22.6 Å². The third-order valence-electron chi connectivity index (χ3n) is 1.72. The average Bonchev–Trinajstić information content (AvgIpc) is 2.25. The van der Waals surface area contributed by atoms with Crippen molar-refractivity contribution >= 4 is 40.3 Å². The van der Waals surface area contributed by atoms with E-state index >= 15 is 0 Å². The van der Waals surface area contributed by atoms with Crippen LogP contribution in [0, 0.1) is 3.57 Å². The number of aromatic carboxylic acids is 1. The first-order valence-corrected chi connectivity index (χ1v) is 5.69. The number of carbonyl (C=O) groups is 2. The first-order chi connectivity index (χ1) is 8.02. The summed E-state index contributed by atoms with van der Waals surface area (Å²) in [6.07, 6.45) is 0.792. The monoisotopic (exact) mass is 347 g/mol. The van der Waals surface area contributed by atoms with Crippen LogP contribution in [-0.2, 0) is 4.74 Å². The number of halogens is 1. The van der Waals surface area contributed by atoms with Crippen molar-refractivity contribution in [1.82, 2.24) is 0 Å². The molecule has 90 valence electrons. The summed E-state index contributed by atoms with van der Waals surface area (Å²) in [5, 5.41) is 11.3. The number of hydrogen-bond acceptors (Lipinski definition) is 3. The van der Waals surface area contributed by atoms with Gasteiger partial charge in [0.15, 0.2) is 0 Å². The van der Waals surface area contributed by atoms with Crippen molar-refractivity contribution in [3.8, 4) is 0 Å². The maximum Gasteiger partial charge on any atom is 0.411 e. The second kappa shape index (κ2) is 6.24. The van der Waals surface area contributed by atoms with E-state index in [4.69, 9.17) is 9.84 Å². The lowest BCUT2D eigenvalue weighted by Gasteiger charge is -2.06. The van der Waals surface area contributed by atoms with Crippen LogP contribution in [0.2, 0.25) is 0 Å². The summed E-state index contributed by atoms with van der Waals surface area (Å²) in [7, 11) is 0. The molecule has 0 bridgehead atoms. The zero-order valence-electron chi connectivity index (χ0n) is 8.77. The van der Waals surface area contributed by atoms with Crippen molar-refractivity contribution in [1.29, 1.82) is 0 Å². The molecular formula is C11H10INO4. The van der Waals surface area contributed by atoms with E-state index in [9.17, 15) is 9.59 Å². The normalized spacial score (nSPS) is 9.47. The van der Waals surface area contributed by atoms with Crippen molar-refractivity contribution in [3.05, 3.63) is 40.0 Å². The van der Waals surface area contributed by atoms with Crippen molar-refractivity contribution < 1.29 is 19.4 Å². The Morgan fingerprint density at radius 2 is 2.18 bits per heavy atom. The molecule has 0 aromatic heterocycles. The predicted octanol–water partition coefficient (Wildman–Crippen LogP) is 2.72. The van der Waals surface area contributed by atoms with Crippen LogP contribution in [-0.4, -0.2) is 23.8 Å². The Morgan fingerprint density at radius 3 is 2.76 bits per heavy atom. The number of benzene rings is 1. The summed E-state index contributed by atoms with van der Waals surface area (Å²) in [4.78, 5) is 22.0. The van der Waals surface area contributed by atoms with Gasteiger partial charge in [-0.2, -0.15) is 0 Å². The summed E-state index contributed by atoms with van der Waals surface area (Å²) in [6, 6.07) is 4.50. The number of rotatable bonds is 4. The second-order valence-electron chi connectivity index (χ2n) is 3.05. The van der Waals surface area contributed by atoms with E-state index in [0.29, 0.717) is 9.26 Å². The molecule has 5 nitrogen and oxygen atoms in total. The minimum absolute atomic E-state index is 0.0988. The fourth-order valence-corrected chi connectivity index (χ4v) is 1.74. The number of anilines is 1. The van der Waals surface area contributed by atoms with E-state index in [0.717, 1.165) is 0 Å². The van der Waals surface area contributed by atoms with Crippen LogP contribution in [0.15, 0.2) is 30.9 Å². The minimum Gasteiger partial charge on any atom is -0.478 e. The third-order valence-corrected chi connectivity index (χ3v) is 2.35. The van der Waals surface area contributed by atoms with Gasteiger partial charge >= 0.3 is 12.1 Å². The zero-order chi connectivity index (χ0) is 12.8. The molecule has 2 N–H and O–H groups in total. The molecule has 1 rings (SSSR count). The van der Waals surface area contributed by atoms with E-state index in [1.54, 1.807) is 6.07 Å². The Bertz CT molecular complexity index is 459. The lowest BCUT2D eigenvalue weighted by Crippen LogP contribution is -2.14. The molecule has 1 aromatic carbocycles. The van der Waals surface area contributed by atoms with Gasteiger partial charge in [-0.25, -0.2) is 9.59 Å². The van der Waals surface area contributed by atoms with Crippen LogP contribution in [0.3, 0.4) is 0 Å². The molecular weight excluding hydrogens is 337 g/mol. The van der Waals surface area contributed by atoms with Gasteiger partial charge in [0.2, 0.25) is 0 Å². The van der Waals surface area contributed by atoms with Gasteiger partial charge in [0.1, 0.15) is 6.61 Å². The molecule has 0 aliphatic carbocycles. The van der Waals surface area contributed by atoms with E-state index in [1.807, 2.05) is 22.6 Å². The molecule has 17 heavy (non-hydrogen) atoms. The van der Waals surface area contributed by atoms with Gasteiger partial charge in [0.25, 0.3) is 0 Å². The number of carbonyl (C=O) groups excluding carboxylic acids is 1. The molecule has 0 aliphatic rings. The Kier molecular flexibility index (Phi) is 4.95. The van der Waals surface area contributed by atoms with Gasteiger partial charge in [-0.15, -0.1) is 0 Å². The average molecular weight is 347 g/mol. The minimum atomic E-state index is -1.05. The first kappa shape index (κ1) is 13.5. The number of hydrogen-bond donors (Lipinski definition) is 2. The zero-order valence-corrected chi connectivity index (χ0v) is 10.9. The molecule has 1 amide bonds. The van der Waals surface area contributed by atoms with E-state index in [1.165, 1.54) is 18.2 Å². The van der Waals surface area contributed by atoms with Crippen molar-refractivity contribution in [2.45, 2.75) is 0 Å². The quantitative estimate of drug-likeness (QED) is 0.649. The molecule has 0 heterocycles. The Morgan fingerprint density at radius 1 is 1.47 bits per heavy atom. The Balaban J connectivity index is 2.80. The summed E-state index contributed by atoms with van der Waals surface area (Å²) in [5.41, 5.74) is 0.485. The fourth-order valence-electron chi connectivity index (χ4n) is 1.07. The van der Waals surface area contributed by atoms with Crippen LogP contribution in [0.25, 0.3) is 0 Å². The summed E-state index contributed by atoms with van der Waals surface area (Å²) >= 11 is 1.97. The molecule has 0 unspecified atom stereocenters. The first-order valence-electron chi connectivity index (χ1n) is 4.61. The Labute approximate surface area is 112 Å². The van der Waals surface area contributed by atoms with Gasteiger partial charge in [0.05, 0.1) is 5.56 Å². The molecule has 0 saturated heterocycles. The van der Waals surface area contributed by atoms with Gasteiger partial charge in [0, 0.05) is 9.26 Å². The number of ether oxygens (including phenoxy) is 1. The van der Waals surface area contributed by atoms with Crippen molar-refractivity contribution in [2.75, 3.05) is 11.9 Å². The van der Waals surface area contributed by atoms with Crippen molar-refractivity contribution in [3.63, 3.8) is 0 Å².